The van der Waals surface area contributed by atoms with E-state index in [-0.39, 0.29) is 0 Å². The Labute approximate surface area is 135 Å². The van der Waals surface area contributed by atoms with Gasteiger partial charge >= 0.3 is 0 Å². The van der Waals surface area contributed by atoms with E-state index in [0.29, 0.717) is 10.1 Å². The smallest absolute Gasteiger partial charge is 0.175 e. The van der Waals surface area contributed by atoms with Crippen molar-refractivity contribution in [2.75, 3.05) is 10.6 Å². The fourth-order valence-electron chi connectivity index (χ4n) is 2.66. The highest BCUT2D eigenvalue weighted by molar-refractivity contribution is 7.80. The molecule has 2 nitrogen and oxygen atoms in total. The van der Waals surface area contributed by atoms with Crippen LogP contribution in [0.2, 0.25) is 5.02 Å². The summed E-state index contributed by atoms with van der Waals surface area (Å²) in [5.74, 6) is 0. The first kappa shape index (κ1) is 14.4. The molecule has 1 aliphatic carbocycles. The summed E-state index contributed by atoms with van der Waals surface area (Å²) in [6, 6.07) is 12.2. The van der Waals surface area contributed by atoms with Crippen molar-refractivity contribution < 1.29 is 0 Å². The molecule has 108 valence electrons. The van der Waals surface area contributed by atoms with Crippen LogP contribution in [0.15, 0.2) is 36.4 Å². The summed E-state index contributed by atoms with van der Waals surface area (Å²) in [7, 11) is 0. The van der Waals surface area contributed by atoms with Gasteiger partial charge in [-0.2, -0.15) is 0 Å². The third kappa shape index (κ3) is 3.36. The van der Waals surface area contributed by atoms with Crippen molar-refractivity contribution >= 4 is 40.3 Å². The van der Waals surface area contributed by atoms with Gasteiger partial charge in [-0.15, -0.1) is 0 Å². The molecule has 0 spiro atoms. The predicted molar refractivity (Wildman–Crippen MR) is 94.5 cm³/mol. The van der Waals surface area contributed by atoms with Crippen LogP contribution in [0.3, 0.4) is 0 Å². The van der Waals surface area contributed by atoms with Crippen LogP contribution in [-0.4, -0.2) is 5.11 Å². The van der Waals surface area contributed by atoms with Gasteiger partial charge in [-0.25, -0.2) is 0 Å². The molecule has 1 aliphatic rings. The maximum absolute atomic E-state index is 6.02. The molecule has 3 rings (SSSR count). The molecule has 0 saturated heterocycles. The lowest BCUT2D eigenvalue weighted by atomic mass is 10.1. The molecule has 0 fully saturated rings. The van der Waals surface area contributed by atoms with Gasteiger partial charge in [-0.3, -0.25) is 0 Å². The molecule has 2 aromatic carbocycles. The molecule has 0 saturated carbocycles. The molecule has 0 bridgehead atoms. The zero-order chi connectivity index (χ0) is 14.8. The number of hydrogen-bond acceptors (Lipinski definition) is 1. The van der Waals surface area contributed by atoms with Crippen LogP contribution >= 0.6 is 23.8 Å². The second kappa shape index (κ2) is 6.04. The van der Waals surface area contributed by atoms with E-state index in [1.54, 1.807) is 0 Å². The predicted octanol–water partition coefficient (Wildman–Crippen LogP) is 4.95. The van der Waals surface area contributed by atoms with Crippen LogP contribution in [-0.2, 0) is 12.8 Å². The van der Waals surface area contributed by atoms with Crippen LogP contribution in [0, 0.1) is 6.92 Å². The lowest BCUT2D eigenvalue weighted by Gasteiger charge is -2.13. The Balaban J connectivity index is 1.70. The number of thiocarbonyl (C=S) groups is 1. The molecular weight excluding hydrogens is 300 g/mol. The summed E-state index contributed by atoms with van der Waals surface area (Å²) in [4.78, 5) is 0. The van der Waals surface area contributed by atoms with E-state index in [4.69, 9.17) is 23.8 Å². The Bertz CT molecular complexity index is 697. The molecule has 0 amide bonds. The van der Waals surface area contributed by atoms with Crippen LogP contribution in [0.4, 0.5) is 11.4 Å². The van der Waals surface area contributed by atoms with Gasteiger partial charge in [0.25, 0.3) is 0 Å². The largest absolute Gasteiger partial charge is 0.332 e. The van der Waals surface area contributed by atoms with Crippen molar-refractivity contribution in [2.24, 2.45) is 0 Å². The van der Waals surface area contributed by atoms with Gasteiger partial charge in [-0.05, 0) is 79.4 Å². The summed E-state index contributed by atoms with van der Waals surface area (Å²) in [6.07, 6.45) is 3.61. The molecule has 0 aromatic heterocycles. The third-order valence-electron chi connectivity index (χ3n) is 3.80. The van der Waals surface area contributed by atoms with E-state index in [1.807, 2.05) is 25.1 Å². The van der Waals surface area contributed by atoms with Gasteiger partial charge in [-0.1, -0.05) is 23.7 Å². The highest BCUT2D eigenvalue weighted by Crippen LogP contribution is 2.25. The van der Waals surface area contributed by atoms with Crippen LogP contribution in [0.5, 0.6) is 0 Å². The molecule has 4 heteroatoms. The first-order chi connectivity index (χ1) is 10.1. The van der Waals surface area contributed by atoms with Gasteiger partial charge in [0.1, 0.15) is 0 Å². The van der Waals surface area contributed by atoms with Crippen molar-refractivity contribution in [3.63, 3.8) is 0 Å². The number of anilines is 2. The maximum Gasteiger partial charge on any atom is 0.175 e. The third-order valence-corrected chi connectivity index (χ3v) is 4.24. The van der Waals surface area contributed by atoms with E-state index >= 15 is 0 Å². The quantitative estimate of drug-likeness (QED) is 0.767. The normalized spacial score (nSPS) is 12.9. The second-order valence-electron chi connectivity index (χ2n) is 5.38. The molecule has 0 aliphatic heterocycles. The van der Waals surface area contributed by atoms with E-state index in [9.17, 15) is 0 Å². The van der Waals surface area contributed by atoms with Gasteiger partial charge in [0.2, 0.25) is 0 Å². The van der Waals surface area contributed by atoms with Crippen LogP contribution in [0.25, 0.3) is 0 Å². The first-order valence-corrected chi connectivity index (χ1v) is 7.86. The Morgan fingerprint density at radius 1 is 1.05 bits per heavy atom. The summed E-state index contributed by atoms with van der Waals surface area (Å²) in [5, 5.41) is 7.73. The van der Waals surface area contributed by atoms with Crippen molar-refractivity contribution in [3.8, 4) is 0 Å². The second-order valence-corrected chi connectivity index (χ2v) is 6.22. The Morgan fingerprint density at radius 3 is 2.71 bits per heavy atom. The highest BCUT2D eigenvalue weighted by Gasteiger charge is 2.11. The molecule has 2 N–H and O–H groups in total. The molecular formula is C17H17ClN2S. The number of halogens is 1. The Morgan fingerprint density at radius 2 is 1.86 bits per heavy atom. The van der Waals surface area contributed by atoms with E-state index in [2.05, 4.69) is 28.8 Å². The van der Waals surface area contributed by atoms with Gasteiger partial charge in [0.05, 0.1) is 0 Å². The van der Waals surface area contributed by atoms with E-state index < -0.39 is 0 Å². The average molecular weight is 317 g/mol. The summed E-state index contributed by atoms with van der Waals surface area (Å²) < 4.78 is 0. The molecule has 0 heterocycles. The molecule has 21 heavy (non-hydrogen) atoms. The topological polar surface area (TPSA) is 24.1 Å². The first-order valence-electron chi connectivity index (χ1n) is 7.08. The standard InChI is InChI=1S/C17H17ClN2S/c1-11-5-7-14(18)10-16(11)20-17(21)19-15-8-6-12-3-2-4-13(12)9-15/h5-10H,2-4H2,1H3,(H2,19,20,21). The van der Waals surface area contributed by atoms with Gasteiger partial charge < -0.3 is 10.6 Å². The summed E-state index contributed by atoms with van der Waals surface area (Å²) >= 11 is 11.4. The molecule has 0 unspecified atom stereocenters. The number of hydrogen-bond donors (Lipinski definition) is 2. The number of fused-ring (bicyclic) bond motifs is 1. The zero-order valence-corrected chi connectivity index (χ0v) is 13.4. The zero-order valence-electron chi connectivity index (χ0n) is 11.9. The maximum atomic E-state index is 6.02. The minimum Gasteiger partial charge on any atom is -0.332 e. The fourth-order valence-corrected chi connectivity index (χ4v) is 3.06. The lowest BCUT2D eigenvalue weighted by molar-refractivity contribution is 0.912. The van der Waals surface area contributed by atoms with Crippen molar-refractivity contribution in [2.45, 2.75) is 26.2 Å². The van der Waals surface area contributed by atoms with Crippen LogP contribution < -0.4 is 10.6 Å². The molecule has 0 atom stereocenters. The molecule has 2 aromatic rings. The number of aryl methyl sites for hydroxylation is 3. The van der Waals surface area contributed by atoms with Gasteiger partial charge in [0.15, 0.2) is 5.11 Å². The van der Waals surface area contributed by atoms with Crippen molar-refractivity contribution in [1.29, 1.82) is 0 Å². The van der Waals surface area contributed by atoms with Gasteiger partial charge in [0, 0.05) is 16.4 Å². The summed E-state index contributed by atoms with van der Waals surface area (Å²) in [5.41, 5.74) is 5.97. The minimum atomic E-state index is 0.582. The molecule has 0 radical (unpaired) electrons. The Kier molecular flexibility index (Phi) is 4.13. The highest BCUT2D eigenvalue weighted by atomic mass is 35.5. The van der Waals surface area contributed by atoms with Crippen LogP contribution in [0.1, 0.15) is 23.1 Å². The number of nitrogens with one attached hydrogen (secondary N) is 2. The fraction of sp³-hybridized carbons (Fsp3) is 0.235. The number of benzene rings is 2. The van der Waals surface area contributed by atoms with Crippen molar-refractivity contribution in [1.82, 2.24) is 0 Å². The lowest BCUT2D eigenvalue weighted by Crippen LogP contribution is -2.19. The SMILES string of the molecule is Cc1ccc(Cl)cc1NC(=S)Nc1ccc2c(c1)CCC2. The van der Waals surface area contributed by atoms with Crippen molar-refractivity contribution in [3.05, 3.63) is 58.1 Å². The Hall–Kier alpha value is -1.58. The minimum absolute atomic E-state index is 0.582. The monoisotopic (exact) mass is 316 g/mol. The summed E-state index contributed by atoms with van der Waals surface area (Å²) in [6.45, 7) is 2.02. The average Bonchev–Trinajstić information content (AvgIpc) is 2.90. The number of rotatable bonds is 2. The van der Waals surface area contributed by atoms with E-state index in [1.165, 1.54) is 30.4 Å². The van der Waals surface area contributed by atoms with E-state index in [0.717, 1.165) is 16.9 Å².